The first-order valence-electron chi connectivity index (χ1n) is 8.90. The number of dihydropyridines is 1. The Bertz CT molecular complexity index is 1110. The van der Waals surface area contributed by atoms with E-state index in [1.165, 1.54) is 54.3 Å². The van der Waals surface area contributed by atoms with Crippen LogP contribution in [0.4, 0.5) is 5.69 Å². The molecule has 0 aliphatic carbocycles. The van der Waals surface area contributed by atoms with E-state index in [0.717, 1.165) is 4.88 Å². The number of nitro groups is 1. The highest BCUT2D eigenvalue weighted by Gasteiger charge is 2.33. The molecule has 2 aromatic rings. The van der Waals surface area contributed by atoms with Gasteiger partial charge in [0.15, 0.2) is 11.6 Å². The van der Waals surface area contributed by atoms with Crippen molar-refractivity contribution in [1.29, 1.82) is 5.26 Å². The van der Waals surface area contributed by atoms with Gasteiger partial charge >= 0.3 is 0 Å². The Morgan fingerprint density at radius 2 is 2.00 bits per heavy atom. The summed E-state index contributed by atoms with van der Waals surface area (Å²) in [5.74, 6) is -0.749. The molecule has 0 bridgehead atoms. The van der Waals surface area contributed by atoms with E-state index in [9.17, 15) is 25.0 Å². The fourth-order valence-corrected chi connectivity index (χ4v) is 5.05. The number of nitriles is 1. The van der Waals surface area contributed by atoms with Gasteiger partial charge < -0.3 is 5.32 Å². The van der Waals surface area contributed by atoms with Crippen molar-refractivity contribution in [2.24, 2.45) is 0 Å². The zero-order chi connectivity index (χ0) is 21.8. The number of carbonyl (C=O) groups is 2. The second kappa shape index (κ2) is 9.07. The van der Waals surface area contributed by atoms with E-state index < -0.39 is 10.8 Å². The second-order valence-corrected chi connectivity index (χ2v) is 8.50. The largest absolute Gasteiger partial charge is 0.353 e. The van der Waals surface area contributed by atoms with E-state index >= 15 is 0 Å². The molecule has 1 aliphatic rings. The van der Waals surface area contributed by atoms with Crippen molar-refractivity contribution in [3.05, 3.63) is 84.2 Å². The smallest absolute Gasteiger partial charge is 0.269 e. The number of carbonyl (C=O) groups excluding carboxylic acids is 2. The number of hydrogen-bond acceptors (Lipinski definition) is 8. The molecule has 3 rings (SSSR count). The molecule has 0 radical (unpaired) electrons. The highest BCUT2D eigenvalue weighted by Crippen LogP contribution is 2.42. The minimum atomic E-state index is -0.522. The Kier molecular flexibility index (Phi) is 6.50. The number of thiophene rings is 1. The van der Waals surface area contributed by atoms with Gasteiger partial charge in [-0.3, -0.25) is 19.7 Å². The number of allylic oxidation sites excluding steroid dienone is 3. The minimum absolute atomic E-state index is 0.0468. The summed E-state index contributed by atoms with van der Waals surface area (Å²) >= 11 is 2.65. The van der Waals surface area contributed by atoms with Crippen LogP contribution in [0.3, 0.4) is 0 Å². The van der Waals surface area contributed by atoms with Crippen molar-refractivity contribution in [3.63, 3.8) is 0 Å². The zero-order valence-corrected chi connectivity index (χ0v) is 17.8. The molecule has 1 aromatic carbocycles. The van der Waals surface area contributed by atoms with Crippen LogP contribution in [-0.2, 0) is 4.79 Å². The van der Waals surface area contributed by atoms with Crippen LogP contribution >= 0.6 is 23.1 Å². The lowest BCUT2D eigenvalue weighted by Gasteiger charge is -2.28. The number of thioether (sulfide) groups is 1. The average molecular weight is 440 g/mol. The molecule has 1 aromatic heterocycles. The normalized spacial score (nSPS) is 16.1. The summed E-state index contributed by atoms with van der Waals surface area (Å²) in [6.07, 6.45) is 0. The molecule has 30 heavy (non-hydrogen) atoms. The number of ketones is 2. The van der Waals surface area contributed by atoms with Crippen LogP contribution in [0.2, 0.25) is 0 Å². The van der Waals surface area contributed by atoms with Crippen molar-refractivity contribution in [2.45, 2.75) is 19.8 Å². The molecule has 1 aliphatic heterocycles. The first-order chi connectivity index (χ1) is 14.3. The van der Waals surface area contributed by atoms with Gasteiger partial charge in [-0.25, -0.2) is 0 Å². The fourth-order valence-electron chi connectivity index (χ4n) is 3.22. The summed E-state index contributed by atoms with van der Waals surface area (Å²) in [6.45, 7) is 3.26. The maximum absolute atomic E-state index is 12.5. The van der Waals surface area contributed by atoms with Crippen molar-refractivity contribution in [1.82, 2.24) is 5.32 Å². The maximum Gasteiger partial charge on any atom is 0.269 e. The van der Waals surface area contributed by atoms with Crippen molar-refractivity contribution in [2.75, 3.05) is 5.75 Å². The van der Waals surface area contributed by atoms with Crippen LogP contribution in [0.1, 0.15) is 35.0 Å². The van der Waals surface area contributed by atoms with E-state index in [1.807, 2.05) is 17.5 Å². The molecule has 1 atom stereocenters. The summed E-state index contributed by atoms with van der Waals surface area (Å²) in [4.78, 5) is 35.9. The maximum atomic E-state index is 12.5. The summed E-state index contributed by atoms with van der Waals surface area (Å²) in [5.41, 5.74) is 1.87. The zero-order valence-electron chi connectivity index (χ0n) is 16.2. The molecule has 2 heterocycles. The average Bonchev–Trinajstić information content (AvgIpc) is 3.25. The van der Waals surface area contributed by atoms with Crippen molar-refractivity contribution in [3.8, 4) is 6.07 Å². The Morgan fingerprint density at radius 3 is 2.53 bits per heavy atom. The lowest BCUT2D eigenvalue weighted by atomic mass is 9.85. The molecule has 0 saturated heterocycles. The lowest BCUT2D eigenvalue weighted by Crippen LogP contribution is -2.27. The molecule has 0 fully saturated rings. The van der Waals surface area contributed by atoms with Gasteiger partial charge in [-0.15, -0.1) is 11.3 Å². The Hall–Kier alpha value is -3.22. The molecular weight excluding hydrogens is 422 g/mol. The van der Waals surface area contributed by atoms with Crippen LogP contribution in [0.15, 0.2) is 63.7 Å². The number of Topliss-reactive ketones (excluding diaryl/α,β-unsaturated/α-hetero) is 2. The van der Waals surface area contributed by atoms with Gasteiger partial charge in [0.25, 0.3) is 5.69 Å². The molecule has 152 valence electrons. The third-order valence-corrected chi connectivity index (χ3v) is 6.56. The van der Waals surface area contributed by atoms with Gasteiger partial charge in [0, 0.05) is 33.8 Å². The second-order valence-electron chi connectivity index (χ2n) is 6.54. The number of rotatable bonds is 7. The quantitative estimate of drug-likeness (QED) is 0.382. The highest BCUT2D eigenvalue weighted by molar-refractivity contribution is 8.03. The molecular formula is C21H17N3O4S2. The SMILES string of the molecule is CC(=O)C1=C(C)NC(SCC(=O)c2ccc([N+](=O)[O-])cc2)=C(C#N)C1c1cccs1. The molecule has 1 unspecified atom stereocenters. The monoisotopic (exact) mass is 439 g/mol. The van der Waals surface area contributed by atoms with E-state index in [1.54, 1.807) is 6.92 Å². The van der Waals surface area contributed by atoms with Crippen LogP contribution in [0, 0.1) is 21.4 Å². The van der Waals surface area contributed by atoms with Crippen LogP contribution in [-0.4, -0.2) is 22.2 Å². The van der Waals surface area contributed by atoms with Gasteiger partial charge in [-0.2, -0.15) is 5.26 Å². The van der Waals surface area contributed by atoms with Crippen LogP contribution in [0.5, 0.6) is 0 Å². The number of hydrogen-bond donors (Lipinski definition) is 1. The number of benzene rings is 1. The fraction of sp³-hybridized carbons (Fsp3) is 0.190. The predicted molar refractivity (Wildman–Crippen MR) is 116 cm³/mol. The molecule has 0 saturated carbocycles. The van der Waals surface area contributed by atoms with Gasteiger partial charge in [-0.1, -0.05) is 17.8 Å². The molecule has 7 nitrogen and oxygen atoms in total. The first-order valence-corrected chi connectivity index (χ1v) is 10.8. The Morgan fingerprint density at radius 1 is 1.30 bits per heavy atom. The molecule has 9 heteroatoms. The van der Waals surface area contributed by atoms with E-state index in [2.05, 4.69) is 11.4 Å². The van der Waals surface area contributed by atoms with E-state index in [-0.39, 0.29) is 23.0 Å². The van der Waals surface area contributed by atoms with Crippen molar-refractivity contribution >= 4 is 40.4 Å². The lowest BCUT2D eigenvalue weighted by molar-refractivity contribution is -0.384. The van der Waals surface area contributed by atoms with E-state index in [0.29, 0.717) is 27.4 Å². The summed E-state index contributed by atoms with van der Waals surface area (Å²) in [7, 11) is 0. The number of nitro benzene ring substituents is 1. The number of non-ortho nitro benzene ring substituents is 1. The molecule has 1 N–H and O–H groups in total. The predicted octanol–water partition coefficient (Wildman–Crippen LogP) is 4.56. The van der Waals surface area contributed by atoms with Crippen LogP contribution < -0.4 is 5.32 Å². The summed E-state index contributed by atoms with van der Waals surface area (Å²) in [5, 5.41) is 26.1. The van der Waals surface area contributed by atoms with Crippen molar-refractivity contribution < 1.29 is 14.5 Å². The third-order valence-electron chi connectivity index (χ3n) is 4.60. The highest BCUT2D eigenvalue weighted by atomic mass is 32.2. The van der Waals surface area contributed by atoms with Gasteiger partial charge in [0.2, 0.25) is 0 Å². The van der Waals surface area contributed by atoms with Gasteiger partial charge in [0.05, 0.1) is 33.3 Å². The van der Waals surface area contributed by atoms with Gasteiger partial charge in [-0.05, 0) is 37.4 Å². The van der Waals surface area contributed by atoms with Crippen LogP contribution in [0.25, 0.3) is 0 Å². The summed E-state index contributed by atoms with van der Waals surface area (Å²) in [6, 6.07) is 11.4. The van der Waals surface area contributed by atoms with E-state index in [4.69, 9.17) is 0 Å². The third kappa shape index (κ3) is 4.35. The number of nitrogens with one attached hydrogen (secondary N) is 1. The first kappa shape index (κ1) is 21.5. The Labute approximate surface area is 181 Å². The molecule has 0 spiro atoms. The Balaban J connectivity index is 1.86. The van der Waals surface area contributed by atoms with Gasteiger partial charge in [0.1, 0.15) is 0 Å². The topological polar surface area (TPSA) is 113 Å². The minimum Gasteiger partial charge on any atom is -0.353 e. The summed E-state index contributed by atoms with van der Waals surface area (Å²) < 4.78 is 0. The molecule has 0 amide bonds. The standard InChI is InChI=1S/C21H17N3O4S2/c1-12-19(13(2)25)20(18-4-3-9-29-18)16(10-22)21(23-12)30-11-17(26)14-5-7-15(8-6-14)24(27)28/h3-9,20,23H,11H2,1-2H3. The number of nitrogens with zero attached hydrogens (tertiary/aromatic N) is 2.